The average molecular weight is 653 g/mol. The highest BCUT2D eigenvalue weighted by atomic mass is 16.3. The van der Waals surface area contributed by atoms with Crippen molar-refractivity contribution in [1.82, 2.24) is 0 Å². The number of rotatable bonds is 5. The van der Waals surface area contributed by atoms with Crippen molar-refractivity contribution in [3.63, 3.8) is 0 Å². The van der Waals surface area contributed by atoms with Crippen molar-refractivity contribution in [2.75, 3.05) is 0 Å². The van der Waals surface area contributed by atoms with E-state index in [0.29, 0.717) is 11.1 Å². The van der Waals surface area contributed by atoms with E-state index in [-0.39, 0.29) is 24.2 Å². The zero-order chi connectivity index (χ0) is 37.2. The molecule has 10 rings (SSSR count). The second-order valence-corrected chi connectivity index (χ2v) is 12.9. The number of furan rings is 1. The number of hydrogen-bond donors (Lipinski definition) is 0. The molecule has 10 aromatic rings. The van der Waals surface area contributed by atoms with E-state index in [2.05, 4.69) is 72.8 Å². The van der Waals surface area contributed by atoms with Gasteiger partial charge in [-0.05, 0) is 95.4 Å². The minimum absolute atomic E-state index is 0.0646. The molecule has 0 unspecified atom stereocenters. The van der Waals surface area contributed by atoms with Gasteiger partial charge < -0.3 is 4.42 Å². The van der Waals surface area contributed by atoms with Crippen molar-refractivity contribution in [2.24, 2.45) is 0 Å². The monoisotopic (exact) mass is 652 g/mol. The van der Waals surface area contributed by atoms with E-state index >= 15 is 0 Å². The highest BCUT2D eigenvalue weighted by molar-refractivity contribution is 6.26. The molecule has 1 nitrogen and oxygen atoms in total. The number of hydrogen-bond acceptors (Lipinski definition) is 1. The first-order chi connectivity index (χ1) is 27.0. The van der Waals surface area contributed by atoms with Gasteiger partial charge in [0.25, 0.3) is 0 Å². The summed E-state index contributed by atoms with van der Waals surface area (Å²) in [5.41, 5.74) is 10.5. The van der Waals surface area contributed by atoms with Crippen LogP contribution in [0.25, 0.3) is 99.1 Å². The predicted molar refractivity (Wildman–Crippen MR) is 216 cm³/mol. The van der Waals surface area contributed by atoms with Crippen LogP contribution in [0.4, 0.5) is 0 Å². The normalized spacial score (nSPS) is 12.6. The van der Waals surface area contributed by atoms with Gasteiger partial charge in [0.05, 0.1) is 5.48 Å². The Labute approximate surface area is 302 Å². The molecule has 0 aliphatic rings. The van der Waals surface area contributed by atoms with Crippen LogP contribution in [-0.2, 0) is 0 Å². The summed E-state index contributed by atoms with van der Waals surface area (Å²) in [6.45, 7) is 0. The van der Waals surface area contributed by atoms with Gasteiger partial charge in [-0.15, -0.1) is 0 Å². The lowest BCUT2D eigenvalue weighted by atomic mass is 9.83. The molecule has 0 N–H and O–H groups in total. The Hall–Kier alpha value is -6.70. The molecular formula is C50H32O. The van der Waals surface area contributed by atoms with Gasteiger partial charge in [-0.2, -0.15) is 0 Å². The molecule has 51 heavy (non-hydrogen) atoms. The molecule has 0 amide bonds. The van der Waals surface area contributed by atoms with Crippen molar-refractivity contribution in [1.29, 1.82) is 0 Å². The van der Waals surface area contributed by atoms with Gasteiger partial charge >= 0.3 is 0 Å². The van der Waals surface area contributed by atoms with E-state index < -0.39 is 0 Å². The predicted octanol–water partition coefficient (Wildman–Crippen LogP) is 14.2. The van der Waals surface area contributed by atoms with Gasteiger partial charge in [0, 0.05) is 10.8 Å². The second kappa shape index (κ2) is 12.0. The smallest absolute Gasteiger partial charge is 0.136 e. The quantitative estimate of drug-likeness (QED) is 0.169. The van der Waals surface area contributed by atoms with Crippen molar-refractivity contribution in [3.8, 4) is 55.6 Å². The fourth-order valence-electron chi connectivity index (χ4n) is 7.71. The van der Waals surface area contributed by atoms with Gasteiger partial charge in [0.1, 0.15) is 11.2 Å². The van der Waals surface area contributed by atoms with Gasteiger partial charge in [-0.3, -0.25) is 0 Å². The highest BCUT2D eigenvalue weighted by Gasteiger charge is 2.21. The van der Waals surface area contributed by atoms with Gasteiger partial charge in [-0.25, -0.2) is 0 Å². The Morgan fingerprint density at radius 1 is 0.333 bits per heavy atom. The largest absolute Gasteiger partial charge is 0.456 e. The first-order valence-electron chi connectivity index (χ1n) is 19.2. The van der Waals surface area contributed by atoms with Crippen LogP contribution < -0.4 is 0 Å². The first kappa shape index (κ1) is 25.3. The number of fused-ring (bicyclic) bond motifs is 5. The molecule has 0 aliphatic heterocycles. The van der Waals surface area contributed by atoms with E-state index in [4.69, 9.17) is 7.16 Å². The van der Waals surface area contributed by atoms with Crippen molar-refractivity contribution in [3.05, 3.63) is 194 Å². The molecule has 1 heterocycles. The standard InChI is InChI=1S/C50H32O/c1-3-14-33(15-4-1)35-26-28-36(29-27-35)38-18-7-8-19-39(38)48-40-20-9-11-22-42(40)49(43-23-12-10-21-41(43)48)45-24-13-25-46-50(45)44-31-30-37(32-47(44)51-46)34-16-5-2-6-17-34/h1-32H/i7D,8D,18D,19D. The Bertz CT molecular complexity index is 3060. The molecule has 1 heteroatoms. The molecule has 0 saturated carbocycles. The zero-order valence-electron chi connectivity index (χ0n) is 31.6. The van der Waals surface area contributed by atoms with Crippen LogP contribution in [-0.4, -0.2) is 0 Å². The topological polar surface area (TPSA) is 13.1 Å². The summed E-state index contributed by atoms with van der Waals surface area (Å²) in [6.07, 6.45) is 0. The Balaban J connectivity index is 1.26. The third kappa shape index (κ3) is 4.86. The van der Waals surface area contributed by atoms with E-state index in [9.17, 15) is 2.74 Å². The van der Waals surface area contributed by atoms with Gasteiger partial charge in [0.15, 0.2) is 0 Å². The maximum atomic E-state index is 9.46. The Kier molecular flexibility index (Phi) is 5.96. The van der Waals surface area contributed by atoms with Gasteiger partial charge in [0.2, 0.25) is 0 Å². The van der Waals surface area contributed by atoms with Crippen LogP contribution in [0.3, 0.4) is 0 Å². The zero-order valence-corrected chi connectivity index (χ0v) is 27.6. The van der Waals surface area contributed by atoms with Crippen molar-refractivity contribution < 1.29 is 9.90 Å². The first-order valence-corrected chi connectivity index (χ1v) is 17.2. The molecule has 238 valence electrons. The van der Waals surface area contributed by atoms with E-state index in [0.717, 1.165) is 88.0 Å². The minimum Gasteiger partial charge on any atom is -0.456 e. The summed E-state index contributed by atoms with van der Waals surface area (Å²) < 4.78 is 43.0. The summed E-state index contributed by atoms with van der Waals surface area (Å²) in [4.78, 5) is 0. The van der Waals surface area contributed by atoms with Crippen LogP contribution in [0.2, 0.25) is 0 Å². The average Bonchev–Trinajstić information content (AvgIpc) is 3.63. The highest BCUT2D eigenvalue weighted by Crippen LogP contribution is 2.48. The molecule has 0 bridgehead atoms. The van der Waals surface area contributed by atoms with Crippen molar-refractivity contribution in [2.45, 2.75) is 0 Å². The SMILES string of the molecule is [2H]c1c([2H])c([2H])c(-c2c3ccccc3c(-c3cccc4oc5cc(-c6ccccc6)ccc5c34)c3ccccc23)c(-c2ccc(-c3ccccc3)cc2)c1[2H]. The summed E-state index contributed by atoms with van der Waals surface area (Å²) in [6, 6.07) is 56.9. The van der Waals surface area contributed by atoms with E-state index in [1.165, 1.54) is 0 Å². The third-order valence-corrected chi connectivity index (χ3v) is 10.0. The maximum Gasteiger partial charge on any atom is 0.136 e. The van der Waals surface area contributed by atoms with E-state index in [1.807, 2.05) is 97.1 Å². The summed E-state index contributed by atoms with van der Waals surface area (Å²) in [5.74, 6) is 0. The molecular weight excluding hydrogens is 617 g/mol. The fraction of sp³-hybridized carbons (Fsp3) is 0. The Morgan fingerprint density at radius 2 is 0.824 bits per heavy atom. The molecule has 1 aromatic heterocycles. The summed E-state index contributed by atoms with van der Waals surface area (Å²) in [7, 11) is 0. The van der Waals surface area contributed by atoms with Crippen LogP contribution >= 0.6 is 0 Å². The van der Waals surface area contributed by atoms with E-state index in [1.54, 1.807) is 0 Å². The second-order valence-electron chi connectivity index (χ2n) is 12.9. The van der Waals surface area contributed by atoms with Crippen LogP contribution in [0, 0.1) is 0 Å². The lowest BCUT2D eigenvalue weighted by Gasteiger charge is -2.20. The van der Waals surface area contributed by atoms with Gasteiger partial charge in [-0.1, -0.05) is 176 Å². The molecule has 0 spiro atoms. The molecule has 0 radical (unpaired) electrons. The molecule has 0 saturated heterocycles. The lowest BCUT2D eigenvalue weighted by molar-refractivity contribution is 0.669. The Morgan fingerprint density at radius 3 is 1.45 bits per heavy atom. The van der Waals surface area contributed by atoms with Crippen LogP contribution in [0.1, 0.15) is 5.48 Å². The maximum absolute atomic E-state index is 9.46. The van der Waals surface area contributed by atoms with Crippen molar-refractivity contribution >= 4 is 43.5 Å². The molecule has 0 fully saturated rings. The fourth-order valence-corrected chi connectivity index (χ4v) is 7.71. The molecule has 0 atom stereocenters. The lowest BCUT2D eigenvalue weighted by Crippen LogP contribution is -1.93. The number of benzene rings is 9. The molecule has 0 aliphatic carbocycles. The summed E-state index contributed by atoms with van der Waals surface area (Å²) >= 11 is 0. The third-order valence-electron chi connectivity index (χ3n) is 10.0. The van der Waals surface area contributed by atoms with Crippen LogP contribution in [0.15, 0.2) is 198 Å². The minimum atomic E-state index is -0.258. The van der Waals surface area contributed by atoms with Crippen LogP contribution in [0.5, 0.6) is 0 Å². The molecule has 9 aromatic carbocycles. The summed E-state index contributed by atoms with van der Waals surface area (Å²) in [5, 5.41) is 5.83.